The normalized spacial score (nSPS) is 16.2. The fourth-order valence-electron chi connectivity index (χ4n) is 1.94. The average Bonchev–Trinajstić information content (AvgIpc) is 2.57. The van der Waals surface area contributed by atoms with Gasteiger partial charge in [-0.2, -0.15) is 0 Å². The molecule has 18 heavy (non-hydrogen) atoms. The summed E-state index contributed by atoms with van der Waals surface area (Å²) in [5.41, 5.74) is 0.573. The van der Waals surface area contributed by atoms with E-state index >= 15 is 0 Å². The lowest BCUT2D eigenvalue weighted by Gasteiger charge is -2.28. The third kappa shape index (κ3) is 3.24. The van der Waals surface area contributed by atoms with Crippen LogP contribution in [0.2, 0.25) is 0 Å². The van der Waals surface area contributed by atoms with Crippen molar-refractivity contribution in [1.82, 2.24) is 14.9 Å². The Morgan fingerprint density at radius 2 is 2.28 bits per heavy atom. The van der Waals surface area contributed by atoms with E-state index in [2.05, 4.69) is 14.9 Å². The SMILES string of the molecule is CC(C)(C)OC(=O)NCc1cncn1C1CCC1. The van der Waals surface area contributed by atoms with Gasteiger partial charge in [0, 0.05) is 12.2 Å². The molecule has 2 rings (SSSR count). The summed E-state index contributed by atoms with van der Waals surface area (Å²) in [5, 5.41) is 2.76. The second-order valence-electron chi connectivity index (χ2n) is 5.73. The van der Waals surface area contributed by atoms with Gasteiger partial charge in [-0.3, -0.25) is 0 Å². The smallest absolute Gasteiger partial charge is 0.407 e. The van der Waals surface area contributed by atoms with Crippen molar-refractivity contribution in [3.8, 4) is 0 Å². The van der Waals surface area contributed by atoms with Crippen LogP contribution in [0.3, 0.4) is 0 Å². The lowest BCUT2D eigenvalue weighted by Crippen LogP contribution is -2.33. The van der Waals surface area contributed by atoms with Gasteiger partial charge in [0.15, 0.2) is 0 Å². The van der Waals surface area contributed by atoms with Gasteiger partial charge in [0.1, 0.15) is 5.60 Å². The van der Waals surface area contributed by atoms with Crippen molar-refractivity contribution >= 4 is 6.09 Å². The lowest BCUT2D eigenvalue weighted by atomic mass is 9.93. The molecule has 5 heteroatoms. The van der Waals surface area contributed by atoms with Crippen molar-refractivity contribution < 1.29 is 9.53 Å². The molecule has 0 aliphatic heterocycles. The number of ether oxygens (including phenoxy) is 1. The van der Waals surface area contributed by atoms with E-state index in [0.717, 1.165) is 5.69 Å². The molecule has 1 aromatic rings. The first-order valence-electron chi connectivity index (χ1n) is 6.43. The molecular formula is C13H21N3O2. The Morgan fingerprint density at radius 1 is 1.56 bits per heavy atom. The summed E-state index contributed by atoms with van der Waals surface area (Å²) >= 11 is 0. The zero-order chi connectivity index (χ0) is 13.2. The monoisotopic (exact) mass is 251 g/mol. The molecule has 0 aromatic carbocycles. The van der Waals surface area contributed by atoms with Gasteiger partial charge < -0.3 is 14.6 Å². The van der Waals surface area contributed by atoms with Crippen molar-refractivity contribution in [2.75, 3.05) is 0 Å². The first kappa shape index (κ1) is 12.9. The Kier molecular flexibility index (Phi) is 3.59. The summed E-state index contributed by atoms with van der Waals surface area (Å²) in [6.45, 7) is 6.02. The van der Waals surface area contributed by atoms with Crippen molar-refractivity contribution in [3.63, 3.8) is 0 Å². The van der Waals surface area contributed by atoms with Gasteiger partial charge in [-0.25, -0.2) is 9.78 Å². The summed E-state index contributed by atoms with van der Waals surface area (Å²) in [4.78, 5) is 15.7. The van der Waals surface area contributed by atoms with Crippen LogP contribution in [0.25, 0.3) is 0 Å². The van der Waals surface area contributed by atoms with Crippen LogP contribution in [0, 0.1) is 0 Å². The van der Waals surface area contributed by atoms with E-state index in [0.29, 0.717) is 12.6 Å². The molecule has 0 radical (unpaired) electrons. The highest BCUT2D eigenvalue weighted by Crippen LogP contribution is 2.32. The Hall–Kier alpha value is -1.52. The van der Waals surface area contributed by atoms with Crippen molar-refractivity contribution in [3.05, 3.63) is 18.2 Å². The number of nitrogens with zero attached hydrogens (tertiary/aromatic N) is 2. The number of rotatable bonds is 3. The number of imidazole rings is 1. The number of carbonyl (C=O) groups excluding carboxylic acids is 1. The van der Waals surface area contributed by atoms with Gasteiger partial charge in [0.05, 0.1) is 18.6 Å². The highest BCUT2D eigenvalue weighted by Gasteiger charge is 2.22. The van der Waals surface area contributed by atoms with Gasteiger partial charge in [0.2, 0.25) is 0 Å². The van der Waals surface area contributed by atoms with Crippen LogP contribution >= 0.6 is 0 Å². The van der Waals surface area contributed by atoms with Gasteiger partial charge >= 0.3 is 6.09 Å². The van der Waals surface area contributed by atoms with E-state index < -0.39 is 5.60 Å². The van der Waals surface area contributed by atoms with Crippen LogP contribution in [0.4, 0.5) is 4.79 Å². The van der Waals surface area contributed by atoms with Crippen LogP contribution in [-0.4, -0.2) is 21.2 Å². The summed E-state index contributed by atoms with van der Waals surface area (Å²) in [5.74, 6) is 0. The predicted octanol–water partition coefficient (Wildman–Crippen LogP) is 2.63. The zero-order valence-corrected chi connectivity index (χ0v) is 11.3. The Balaban J connectivity index is 1.86. The van der Waals surface area contributed by atoms with Gasteiger partial charge in [-0.15, -0.1) is 0 Å². The van der Waals surface area contributed by atoms with E-state index in [4.69, 9.17) is 4.74 Å². The van der Waals surface area contributed by atoms with Crippen LogP contribution in [0.15, 0.2) is 12.5 Å². The molecule has 1 aromatic heterocycles. The van der Waals surface area contributed by atoms with E-state index in [-0.39, 0.29) is 6.09 Å². The molecule has 1 aliphatic rings. The van der Waals surface area contributed by atoms with Crippen molar-refractivity contribution in [2.45, 2.75) is 58.2 Å². The number of aromatic nitrogens is 2. The molecule has 100 valence electrons. The number of amides is 1. The largest absolute Gasteiger partial charge is 0.444 e. The maximum absolute atomic E-state index is 11.6. The van der Waals surface area contributed by atoms with Crippen LogP contribution in [0.5, 0.6) is 0 Å². The van der Waals surface area contributed by atoms with E-state index in [1.807, 2.05) is 27.1 Å². The summed E-state index contributed by atoms with van der Waals surface area (Å²) < 4.78 is 7.35. The topological polar surface area (TPSA) is 56.1 Å². The quantitative estimate of drug-likeness (QED) is 0.898. The van der Waals surface area contributed by atoms with Crippen LogP contribution in [0.1, 0.15) is 51.8 Å². The molecule has 0 spiro atoms. The standard InChI is InChI=1S/C13H21N3O2/c1-13(2,3)18-12(17)15-8-11-7-14-9-16(11)10-5-4-6-10/h7,9-10H,4-6,8H2,1-3H3,(H,15,17). The molecule has 1 heterocycles. The zero-order valence-electron chi connectivity index (χ0n) is 11.3. The first-order chi connectivity index (χ1) is 8.46. The average molecular weight is 251 g/mol. The second-order valence-corrected chi connectivity index (χ2v) is 5.73. The summed E-state index contributed by atoms with van der Waals surface area (Å²) in [6.07, 6.45) is 6.95. The molecule has 0 unspecified atom stereocenters. The van der Waals surface area contributed by atoms with Gasteiger partial charge in [0.25, 0.3) is 0 Å². The van der Waals surface area contributed by atoms with E-state index in [1.165, 1.54) is 19.3 Å². The van der Waals surface area contributed by atoms with Crippen LogP contribution < -0.4 is 5.32 Å². The number of nitrogens with one attached hydrogen (secondary N) is 1. The van der Waals surface area contributed by atoms with E-state index in [9.17, 15) is 4.79 Å². The highest BCUT2D eigenvalue weighted by molar-refractivity contribution is 5.67. The molecule has 1 aliphatic carbocycles. The fraction of sp³-hybridized carbons (Fsp3) is 0.692. The number of alkyl carbamates (subject to hydrolysis) is 1. The number of hydrogen-bond donors (Lipinski definition) is 1. The Morgan fingerprint density at radius 3 is 2.83 bits per heavy atom. The fourth-order valence-corrected chi connectivity index (χ4v) is 1.94. The third-order valence-electron chi connectivity index (χ3n) is 3.03. The number of carbonyl (C=O) groups is 1. The van der Waals surface area contributed by atoms with Crippen molar-refractivity contribution in [1.29, 1.82) is 0 Å². The molecular weight excluding hydrogens is 230 g/mol. The minimum absolute atomic E-state index is 0.385. The molecule has 1 amide bonds. The first-order valence-corrected chi connectivity index (χ1v) is 6.43. The molecule has 5 nitrogen and oxygen atoms in total. The molecule has 1 saturated carbocycles. The summed E-state index contributed by atoms with van der Waals surface area (Å²) in [7, 11) is 0. The molecule has 1 N–H and O–H groups in total. The minimum Gasteiger partial charge on any atom is -0.444 e. The number of hydrogen-bond acceptors (Lipinski definition) is 3. The van der Waals surface area contributed by atoms with Crippen molar-refractivity contribution in [2.24, 2.45) is 0 Å². The summed E-state index contributed by atoms with van der Waals surface area (Å²) in [6, 6.07) is 0.558. The Labute approximate surface area is 108 Å². The second kappa shape index (κ2) is 5.00. The van der Waals surface area contributed by atoms with Crippen LogP contribution in [-0.2, 0) is 11.3 Å². The highest BCUT2D eigenvalue weighted by atomic mass is 16.6. The Bertz CT molecular complexity index is 416. The molecule has 0 atom stereocenters. The predicted molar refractivity (Wildman–Crippen MR) is 68.2 cm³/mol. The third-order valence-corrected chi connectivity index (χ3v) is 3.03. The maximum atomic E-state index is 11.6. The molecule has 0 saturated heterocycles. The molecule has 0 bridgehead atoms. The molecule has 1 fully saturated rings. The van der Waals surface area contributed by atoms with Gasteiger partial charge in [-0.1, -0.05) is 0 Å². The minimum atomic E-state index is -0.460. The van der Waals surface area contributed by atoms with E-state index in [1.54, 1.807) is 6.20 Å². The van der Waals surface area contributed by atoms with Gasteiger partial charge in [-0.05, 0) is 40.0 Å². The maximum Gasteiger partial charge on any atom is 0.407 e. The lowest BCUT2D eigenvalue weighted by molar-refractivity contribution is 0.0522.